The molecule has 0 bridgehead atoms. The van der Waals surface area contributed by atoms with Gasteiger partial charge in [0.25, 0.3) is 0 Å². The molecule has 0 saturated heterocycles. The summed E-state index contributed by atoms with van der Waals surface area (Å²) in [5, 5.41) is 0. The van der Waals surface area contributed by atoms with E-state index in [-0.39, 0.29) is 18.1 Å². The molecule has 4 heteroatoms. The molecule has 0 saturated carbocycles. The lowest BCUT2D eigenvalue weighted by atomic mass is 10.1. The minimum absolute atomic E-state index is 0.00130. The van der Waals surface area contributed by atoms with Gasteiger partial charge in [-0.2, -0.15) is 0 Å². The molecule has 1 aromatic rings. The highest BCUT2D eigenvalue weighted by molar-refractivity contribution is 9.10. The topological polar surface area (TPSA) is 37.4 Å². The second-order valence-electron chi connectivity index (χ2n) is 4.96. The predicted molar refractivity (Wildman–Crippen MR) is 85.9 cm³/mol. The molecule has 0 N–H and O–H groups in total. The van der Waals surface area contributed by atoms with Crippen LogP contribution in [-0.2, 0) is 9.59 Å². The number of benzene rings is 1. The number of anilines is 1. The van der Waals surface area contributed by atoms with Crippen molar-refractivity contribution in [2.75, 3.05) is 11.9 Å². The van der Waals surface area contributed by atoms with Crippen LogP contribution in [0.25, 0.3) is 0 Å². The molecule has 0 heterocycles. The average molecular weight is 340 g/mol. The van der Waals surface area contributed by atoms with Gasteiger partial charge in [0, 0.05) is 23.6 Å². The van der Waals surface area contributed by atoms with Crippen molar-refractivity contribution in [2.45, 2.75) is 45.4 Å². The zero-order chi connectivity index (χ0) is 15.0. The molecule has 0 atom stereocenters. The van der Waals surface area contributed by atoms with Gasteiger partial charge in [0.1, 0.15) is 5.78 Å². The smallest absolute Gasteiger partial charge is 0.234 e. The zero-order valence-electron chi connectivity index (χ0n) is 12.2. The maximum absolute atomic E-state index is 12.0. The maximum atomic E-state index is 12.0. The van der Waals surface area contributed by atoms with E-state index in [0.29, 0.717) is 6.42 Å². The highest BCUT2D eigenvalue weighted by Crippen LogP contribution is 2.18. The molecule has 0 fully saturated rings. The molecule has 0 unspecified atom stereocenters. The molecule has 110 valence electrons. The van der Waals surface area contributed by atoms with E-state index in [4.69, 9.17) is 0 Å². The normalized spacial score (nSPS) is 10.3. The van der Waals surface area contributed by atoms with Crippen molar-refractivity contribution in [3.8, 4) is 0 Å². The Labute approximate surface area is 129 Å². The number of rotatable bonds is 8. The van der Waals surface area contributed by atoms with E-state index in [2.05, 4.69) is 22.9 Å². The van der Waals surface area contributed by atoms with E-state index < -0.39 is 0 Å². The predicted octanol–water partition coefficient (Wildman–Crippen LogP) is 4.34. The van der Waals surface area contributed by atoms with Crippen molar-refractivity contribution in [1.29, 1.82) is 0 Å². The van der Waals surface area contributed by atoms with Gasteiger partial charge in [-0.15, -0.1) is 0 Å². The van der Waals surface area contributed by atoms with E-state index in [9.17, 15) is 9.59 Å². The number of unbranched alkanes of at least 4 members (excludes halogenated alkanes) is 3. The summed E-state index contributed by atoms with van der Waals surface area (Å²) in [6, 6.07) is 7.47. The molecule has 0 aliphatic heterocycles. The molecule has 1 amide bonds. The van der Waals surface area contributed by atoms with Crippen LogP contribution in [-0.4, -0.2) is 18.7 Å². The van der Waals surface area contributed by atoms with Crippen LogP contribution in [0.4, 0.5) is 5.69 Å². The van der Waals surface area contributed by atoms with Gasteiger partial charge >= 0.3 is 0 Å². The molecule has 1 rings (SSSR count). The summed E-state index contributed by atoms with van der Waals surface area (Å²) in [7, 11) is 1.70. The third-order valence-corrected chi connectivity index (χ3v) is 3.77. The fourth-order valence-corrected chi connectivity index (χ4v) is 2.20. The maximum Gasteiger partial charge on any atom is 0.234 e. The van der Waals surface area contributed by atoms with Crippen molar-refractivity contribution in [3.63, 3.8) is 0 Å². The van der Waals surface area contributed by atoms with Crippen molar-refractivity contribution in [2.24, 2.45) is 0 Å². The fraction of sp³-hybridized carbons (Fsp3) is 0.500. The number of halogens is 1. The van der Waals surface area contributed by atoms with E-state index in [0.717, 1.165) is 35.8 Å². The van der Waals surface area contributed by atoms with Gasteiger partial charge in [0.05, 0.1) is 6.42 Å². The van der Waals surface area contributed by atoms with Crippen molar-refractivity contribution >= 4 is 33.3 Å². The zero-order valence-corrected chi connectivity index (χ0v) is 13.8. The Morgan fingerprint density at radius 1 is 1.10 bits per heavy atom. The molecule has 0 spiro atoms. The first kappa shape index (κ1) is 16.9. The SMILES string of the molecule is CCCCCCC(=O)CC(=O)N(C)c1ccc(Br)cc1. The van der Waals surface area contributed by atoms with Crippen LogP contribution >= 0.6 is 15.9 Å². The minimum Gasteiger partial charge on any atom is -0.315 e. The van der Waals surface area contributed by atoms with Gasteiger partial charge in [-0.1, -0.05) is 42.1 Å². The number of amides is 1. The summed E-state index contributed by atoms with van der Waals surface area (Å²) >= 11 is 3.36. The Bertz CT molecular complexity index is 442. The number of ketones is 1. The molecule has 1 aromatic carbocycles. The van der Waals surface area contributed by atoms with Gasteiger partial charge in [0.2, 0.25) is 5.91 Å². The van der Waals surface area contributed by atoms with E-state index in [1.807, 2.05) is 24.3 Å². The van der Waals surface area contributed by atoms with Crippen LogP contribution in [0.3, 0.4) is 0 Å². The highest BCUT2D eigenvalue weighted by Gasteiger charge is 2.15. The molecule has 0 aliphatic carbocycles. The Balaban J connectivity index is 2.41. The highest BCUT2D eigenvalue weighted by atomic mass is 79.9. The summed E-state index contributed by atoms with van der Waals surface area (Å²) in [6.07, 6.45) is 4.78. The lowest BCUT2D eigenvalue weighted by Gasteiger charge is -2.17. The largest absolute Gasteiger partial charge is 0.315 e. The Morgan fingerprint density at radius 3 is 2.35 bits per heavy atom. The first-order valence-corrected chi connectivity index (χ1v) is 7.87. The minimum atomic E-state index is -0.146. The summed E-state index contributed by atoms with van der Waals surface area (Å²) in [5.41, 5.74) is 0.803. The van der Waals surface area contributed by atoms with Gasteiger partial charge in [0.15, 0.2) is 0 Å². The Hall–Kier alpha value is -1.16. The van der Waals surface area contributed by atoms with Gasteiger partial charge in [-0.3, -0.25) is 9.59 Å². The quantitative estimate of drug-likeness (QED) is 0.521. The lowest BCUT2D eigenvalue weighted by molar-refractivity contribution is -0.126. The third kappa shape index (κ3) is 5.87. The number of carbonyl (C=O) groups is 2. The number of Topliss-reactive ketones (excluding diaryl/α,β-unsaturated/α-hetero) is 1. The first-order valence-electron chi connectivity index (χ1n) is 7.08. The molecule has 0 radical (unpaired) electrons. The molecular weight excluding hydrogens is 318 g/mol. The summed E-state index contributed by atoms with van der Waals surface area (Å²) in [5.74, 6) is -0.108. The van der Waals surface area contributed by atoms with Crippen LogP contribution in [0.2, 0.25) is 0 Å². The Kier molecular flexibility index (Phi) is 7.52. The fourth-order valence-electron chi connectivity index (χ4n) is 1.93. The van der Waals surface area contributed by atoms with E-state index >= 15 is 0 Å². The summed E-state index contributed by atoms with van der Waals surface area (Å²) in [6.45, 7) is 2.14. The molecule has 0 aliphatic rings. The van der Waals surface area contributed by atoms with Gasteiger partial charge < -0.3 is 4.90 Å². The number of nitrogens with zero attached hydrogens (tertiary/aromatic N) is 1. The third-order valence-electron chi connectivity index (χ3n) is 3.25. The van der Waals surface area contributed by atoms with Crippen LogP contribution in [0.1, 0.15) is 45.4 Å². The monoisotopic (exact) mass is 339 g/mol. The van der Waals surface area contributed by atoms with Crippen LogP contribution in [0.15, 0.2) is 28.7 Å². The molecule has 20 heavy (non-hydrogen) atoms. The lowest BCUT2D eigenvalue weighted by Crippen LogP contribution is -2.28. The summed E-state index contributed by atoms with van der Waals surface area (Å²) < 4.78 is 0.967. The van der Waals surface area contributed by atoms with Crippen LogP contribution < -0.4 is 4.90 Å². The number of hydrogen-bond acceptors (Lipinski definition) is 2. The first-order chi connectivity index (χ1) is 9.54. The average Bonchev–Trinajstić information content (AvgIpc) is 2.43. The summed E-state index contributed by atoms with van der Waals surface area (Å²) in [4.78, 5) is 25.3. The molecule has 0 aromatic heterocycles. The van der Waals surface area contributed by atoms with E-state index in [1.54, 1.807) is 7.05 Å². The van der Waals surface area contributed by atoms with E-state index in [1.165, 1.54) is 4.90 Å². The number of carbonyl (C=O) groups excluding carboxylic acids is 2. The van der Waals surface area contributed by atoms with Gasteiger partial charge in [-0.05, 0) is 30.7 Å². The van der Waals surface area contributed by atoms with Crippen molar-refractivity contribution in [1.82, 2.24) is 0 Å². The number of hydrogen-bond donors (Lipinski definition) is 0. The van der Waals surface area contributed by atoms with Crippen molar-refractivity contribution < 1.29 is 9.59 Å². The molecular formula is C16H22BrNO2. The van der Waals surface area contributed by atoms with Crippen LogP contribution in [0.5, 0.6) is 0 Å². The second kappa shape index (κ2) is 8.90. The van der Waals surface area contributed by atoms with Crippen molar-refractivity contribution in [3.05, 3.63) is 28.7 Å². The second-order valence-corrected chi connectivity index (χ2v) is 5.87. The van der Waals surface area contributed by atoms with Crippen LogP contribution in [0, 0.1) is 0 Å². The Morgan fingerprint density at radius 2 is 1.75 bits per heavy atom. The standard InChI is InChI=1S/C16H22BrNO2/c1-3-4-5-6-7-15(19)12-16(20)18(2)14-10-8-13(17)9-11-14/h8-11H,3-7,12H2,1-2H3. The molecule has 3 nitrogen and oxygen atoms in total. The van der Waals surface area contributed by atoms with Gasteiger partial charge in [-0.25, -0.2) is 0 Å².